The number of amides is 1. The second-order valence-electron chi connectivity index (χ2n) is 4.31. The molecule has 0 atom stereocenters. The highest BCUT2D eigenvalue weighted by Gasteiger charge is 2.09. The Morgan fingerprint density at radius 1 is 1.29 bits per heavy atom. The van der Waals surface area contributed by atoms with Crippen LogP contribution in [0.4, 0.5) is 5.95 Å². The maximum Gasteiger partial charge on any atom is 0.268 e. The van der Waals surface area contributed by atoms with Crippen molar-refractivity contribution in [1.82, 2.24) is 9.97 Å². The zero-order valence-electron chi connectivity index (χ0n) is 11.3. The Bertz CT molecular complexity index is 733. The lowest BCUT2D eigenvalue weighted by atomic mass is 10.2. The van der Waals surface area contributed by atoms with E-state index in [1.165, 1.54) is 11.3 Å². The summed E-state index contributed by atoms with van der Waals surface area (Å²) in [5.41, 5.74) is 1.80. The number of carbonyl (C=O) groups is 1. The fourth-order valence-corrected chi connectivity index (χ4v) is 2.50. The van der Waals surface area contributed by atoms with Gasteiger partial charge in [-0.3, -0.25) is 10.1 Å². The van der Waals surface area contributed by atoms with Crippen molar-refractivity contribution in [2.75, 3.05) is 12.4 Å². The van der Waals surface area contributed by atoms with Crippen molar-refractivity contribution in [3.8, 4) is 17.0 Å². The third-order valence-electron chi connectivity index (χ3n) is 2.95. The quantitative estimate of drug-likeness (QED) is 0.776. The van der Waals surface area contributed by atoms with Gasteiger partial charge in [0.15, 0.2) is 0 Å². The zero-order valence-corrected chi connectivity index (χ0v) is 12.1. The van der Waals surface area contributed by atoms with Gasteiger partial charge in [-0.2, -0.15) is 0 Å². The molecule has 0 fully saturated rings. The fourth-order valence-electron chi connectivity index (χ4n) is 1.88. The van der Waals surface area contributed by atoms with E-state index in [4.69, 9.17) is 4.74 Å². The molecule has 0 aliphatic carbocycles. The molecule has 0 saturated carbocycles. The minimum Gasteiger partial charge on any atom is -0.497 e. The Kier molecular flexibility index (Phi) is 3.70. The molecular weight excluding hydrogens is 286 g/mol. The first-order chi connectivity index (χ1) is 10.3. The molecule has 2 N–H and O–H groups in total. The summed E-state index contributed by atoms with van der Waals surface area (Å²) in [7, 11) is 1.63. The molecule has 0 saturated heterocycles. The van der Waals surface area contributed by atoms with Crippen LogP contribution in [0.3, 0.4) is 0 Å². The number of benzene rings is 1. The Balaban J connectivity index is 1.75. The van der Waals surface area contributed by atoms with Gasteiger partial charge in [-0.05, 0) is 41.3 Å². The Hall–Kier alpha value is -2.60. The molecule has 6 heteroatoms. The van der Waals surface area contributed by atoms with Crippen molar-refractivity contribution in [1.29, 1.82) is 0 Å². The van der Waals surface area contributed by atoms with Gasteiger partial charge < -0.3 is 9.72 Å². The summed E-state index contributed by atoms with van der Waals surface area (Å²) < 4.78 is 5.12. The molecule has 21 heavy (non-hydrogen) atoms. The van der Waals surface area contributed by atoms with Crippen LogP contribution < -0.4 is 10.1 Å². The summed E-state index contributed by atoms with van der Waals surface area (Å²) in [4.78, 5) is 19.8. The minimum atomic E-state index is -0.166. The number of aromatic nitrogens is 2. The molecule has 0 aliphatic heterocycles. The summed E-state index contributed by atoms with van der Waals surface area (Å²) in [5.74, 6) is 1.06. The van der Waals surface area contributed by atoms with Crippen molar-refractivity contribution in [2.24, 2.45) is 0 Å². The molecule has 0 aliphatic rings. The van der Waals surface area contributed by atoms with Gasteiger partial charge in [-0.25, -0.2) is 4.98 Å². The van der Waals surface area contributed by atoms with Crippen molar-refractivity contribution >= 4 is 23.2 Å². The number of anilines is 1. The smallest absolute Gasteiger partial charge is 0.268 e. The van der Waals surface area contributed by atoms with Crippen molar-refractivity contribution in [3.05, 3.63) is 52.9 Å². The number of nitrogens with one attached hydrogen (secondary N) is 2. The molecule has 1 amide bonds. The number of hydrogen-bond acceptors (Lipinski definition) is 4. The number of rotatable bonds is 4. The zero-order chi connectivity index (χ0) is 14.7. The van der Waals surface area contributed by atoms with E-state index in [2.05, 4.69) is 15.3 Å². The van der Waals surface area contributed by atoms with E-state index < -0.39 is 0 Å². The van der Waals surface area contributed by atoms with Crippen LogP contribution in [0.2, 0.25) is 0 Å². The minimum absolute atomic E-state index is 0.166. The van der Waals surface area contributed by atoms with Crippen LogP contribution in [-0.4, -0.2) is 23.0 Å². The van der Waals surface area contributed by atoms with E-state index in [1.54, 1.807) is 19.4 Å². The maximum atomic E-state index is 11.9. The van der Waals surface area contributed by atoms with Crippen LogP contribution in [0.15, 0.2) is 48.0 Å². The van der Waals surface area contributed by atoms with Gasteiger partial charge in [0.2, 0.25) is 5.95 Å². The maximum absolute atomic E-state index is 11.9. The summed E-state index contributed by atoms with van der Waals surface area (Å²) in [6.07, 6.45) is 1.69. The van der Waals surface area contributed by atoms with Gasteiger partial charge in [-0.1, -0.05) is 6.07 Å². The van der Waals surface area contributed by atoms with Crippen molar-refractivity contribution < 1.29 is 9.53 Å². The summed E-state index contributed by atoms with van der Waals surface area (Å²) in [6, 6.07) is 11.2. The highest BCUT2D eigenvalue weighted by Crippen LogP contribution is 2.22. The number of nitrogens with zero attached hydrogens (tertiary/aromatic N) is 1. The predicted molar refractivity (Wildman–Crippen MR) is 82.8 cm³/mol. The van der Waals surface area contributed by atoms with E-state index in [0.717, 1.165) is 17.0 Å². The van der Waals surface area contributed by atoms with Gasteiger partial charge in [0.1, 0.15) is 5.75 Å². The first-order valence-electron chi connectivity index (χ1n) is 6.30. The first-order valence-corrected chi connectivity index (χ1v) is 7.18. The van der Waals surface area contributed by atoms with Crippen molar-refractivity contribution in [3.63, 3.8) is 0 Å². The Morgan fingerprint density at radius 2 is 2.10 bits per heavy atom. The van der Waals surface area contributed by atoms with E-state index in [9.17, 15) is 4.79 Å². The van der Waals surface area contributed by atoms with Gasteiger partial charge >= 0.3 is 0 Å². The number of thiophene rings is 1. The average molecular weight is 299 g/mol. The summed E-state index contributed by atoms with van der Waals surface area (Å²) in [5, 5.41) is 4.60. The van der Waals surface area contributed by atoms with Gasteiger partial charge in [0, 0.05) is 0 Å². The third kappa shape index (κ3) is 2.95. The van der Waals surface area contributed by atoms with Crippen molar-refractivity contribution in [2.45, 2.75) is 0 Å². The van der Waals surface area contributed by atoms with E-state index in [0.29, 0.717) is 10.8 Å². The summed E-state index contributed by atoms with van der Waals surface area (Å²) >= 11 is 1.39. The lowest BCUT2D eigenvalue weighted by Crippen LogP contribution is -2.11. The van der Waals surface area contributed by atoms with Crippen LogP contribution in [0.25, 0.3) is 11.3 Å². The van der Waals surface area contributed by atoms with E-state index in [-0.39, 0.29) is 5.91 Å². The van der Waals surface area contributed by atoms with E-state index >= 15 is 0 Å². The second kappa shape index (κ2) is 5.80. The van der Waals surface area contributed by atoms with Gasteiger partial charge in [0.25, 0.3) is 5.91 Å². The van der Waals surface area contributed by atoms with Gasteiger partial charge in [-0.15, -0.1) is 11.3 Å². The number of hydrogen-bond donors (Lipinski definition) is 2. The third-order valence-corrected chi connectivity index (χ3v) is 3.82. The molecule has 2 aromatic heterocycles. The number of methoxy groups -OCH3 is 1. The van der Waals surface area contributed by atoms with Crippen LogP contribution in [0.5, 0.6) is 5.75 Å². The molecular formula is C15H13N3O2S. The van der Waals surface area contributed by atoms with Crippen LogP contribution in [0.1, 0.15) is 9.67 Å². The molecule has 0 unspecified atom stereocenters. The number of imidazole rings is 1. The van der Waals surface area contributed by atoms with Crippen LogP contribution >= 0.6 is 11.3 Å². The number of aromatic amines is 1. The van der Waals surface area contributed by atoms with Crippen LogP contribution in [0, 0.1) is 0 Å². The van der Waals surface area contributed by atoms with Gasteiger partial charge in [0.05, 0.1) is 23.9 Å². The topological polar surface area (TPSA) is 67.0 Å². The van der Waals surface area contributed by atoms with Crippen LogP contribution in [-0.2, 0) is 0 Å². The molecule has 0 spiro atoms. The molecule has 0 bridgehead atoms. The monoisotopic (exact) mass is 299 g/mol. The molecule has 106 valence electrons. The summed E-state index contributed by atoms with van der Waals surface area (Å²) in [6.45, 7) is 0. The molecule has 5 nitrogen and oxygen atoms in total. The van der Waals surface area contributed by atoms with E-state index in [1.807, 2.05) is 35.7 Å². The fraction of sp³-hybridized carbons (Fsp3) is 0.0667. The highest BCUT2D eigenvalue weighted by atomic mass is 32.1. The largest absolute Gasteiger partial charge is 0.497 e. The SMILES string of the molecule is COc1ccc(-c2cnc(NC(=O)c3cccs3)[nH]2)cc1. The predicted octanol–water partition coefficient (Wildman–Crippen LogP) is 3.40. The molecule has 0 radical (unpaired) electrons. The second-order valence-corrected chi connectivity index (χ2v) is 5.25. The molecule has 3 aromatic rings. The lowest BCUT2D eigenvalue weighted by molar-refractivity contribution is 0.103. The molecule has 3 rings (SSSR count). The number of ether oxygens (including phenoxy) is 1. The lowest BCUT2D eigenvalue weighted by Gasteiger charge is -2.01. The Morgan fingerprint density at radius 3 is 2.76 bits per heavy atom. The standard InChI is InChI=1S/C15H13N3O2S/c1-20-11-6-4-10(5-7-11)12-9-16-15(17-12)18-14(19)13-3-2-8-21-13/h2-9H,1H3,(H2,16,17,18,19). The molecule has 2 heterocycles. The normalized spacial score (nSPS) is 10.3. The highest BCUT2D eigenvalue weighted by molar-refractivity contribution is 7.12. The first kappa shape index (κ1) is 13.4. The number of H-pyrrole nitrogens is 1. The number of carbonyl (C=O) groups excluding carboxylic acids is 1. The average Bonchev–Trinajstić information content (AvgIpc) is 3.19. The Labute approximate surface area is 125 Å². The molecule has 1 aromatic carbocycles.